The zero-order valence-corrected chi connectivity index (χ0v) is 14.6. The Balaban J connectivity index is 1.80. The Hall–Kier alpha value is -3.20. The number of nitrogens with zero attached hydrogens (tertiary/aromatic N) is 1. The molecule has 2 N–H and O–H groups in total. The Kier molecular flexibility index (Phi) is 4.72. The second-order valence-corrected chi connectivity index (χ2v) is 6.46. The molecule has 6 heteroatoms. The van der Waals surface area contributed by atoms with Gasteiger partial charge in [0.2, 0.25) is 11.8 Å². The van der Waals surface area contributed by atoms with Crippen molar-refractivity contribution in [2.24, 2.45) is 0 Å². The number of halogens is 1. The molecule has 2 aromatic carbocycles. The highest BCUT2D eigenvalue weighted by Gasteiger charge is 2.19. The van der Waals surface area contributed by atoms with Crippen molar-refractivity contribution >= 4 is 23.2 Å². The molecule has 2 aromatic rings. The fourth-order valence-electron chi connectivity index (χ4n) is 3.19. The summed E-state index contributed by atoms with van der Waals surface area (Å²) in [5.41, 5.74) is 4.33. The lowest BCUT2D eigenvalue weighted by Crippen LogP contribution is -2.21. The maximum Gasteiger partial charge on any atom is 0.228 e. The number of aryl methyl sites for hydroxylation is 3. The van der Waals surface area contributed by atoms with Crippen molar-refractivity contribution in [1.29, 1.82) is 5.26 Å². The lowest BCUT2D eigenvalue weighted by molar-refractivity contribution is -0.116. The molecule has 0 saturated carbocycles. The van der Waals surface area contributed by atoms with Crippen LogP contribution in [0.5, 0.6) is 0 Å². The zero-order chi connectivity index (χ0) is 18.8. The van der Waals surface area contributed by atoms with E-state index in [4.69, 9.17) is 5.26 Å². The highest BCUT2D eigenvalue weighted by Crippen LogP contribution is 2.29. The average Bonchev–Trinajstić information content (AvgIpc) is 2.59. The van der Waals surface area contributed by atoms with Gasteiger partial charge < -0.3 is 10.6 Å². The molecule has 0 aliphatic carbocycles. The van der Waals surface area contributed by atoms with Crippen molar-refractivity contribution in [3.8, 4) is 6.07 Å². The quantitative estimate of drug-likeness (QED) is 0.889. The van der Waals surface area contributed by atoms with Crippen molar-refractivity contribution < 1.29 is 14.0 Å². The predicted octanol–water partition coefficient (Wildman–Crippen LogP) is 3.38. The van der Waals surface area contributed by atoms with E-state index in [1.54, 1.807) is 12.1 Å². The van der Waals surface area contributed by atoms with Crippen LogP contribution in [0.4, 0.5) is 15.8 Å². The van der Waals surface area contributed by atoms with Crippen LogP contribution >= 0.6 is 0 Å². The Morgan fingerprint density at radius 1 is 1.23 bits per heavy atom. The molecule has 1 aliphatic heterocycles. The smallest absolute Gasteiger partial charge is 0.228 e. The number of benzene rings is 2. The molecule has 1 aliphatic rings. The lowest BCUT2D eigenvalue weighted by atomic mass is 9.97. The van der Waals surface area contributed by atoms with Gasteiger partial charge in [-0.1, -0.05) is 0 Å². The Labute approximate surface area is 150 Å². The second-order valence-electron chi connectivity index (χ2n) is 6.46. The van der Waals surface area contributed by atoms with Crippen LogP contribution in [-0.2, 0) is 22.4 Å². The molecule has 1 heterocycles. The molecule has 0 atom stereocenters. The number of rotatable bonds is 3. The molecule has 0 aromatic heterocycles. The monoisotopic (exact) mass is 351 g/mol. The molecule has 2 amide bonds. The summed E-state index contributed by atoms with van der Waals surface area (Å²) in [7, 11) is 0. The van der Waals surface area contributed by atoms with E-state index < -0.39 is 5.82 Å². The van der Waals surface area contributed by atoms with Crippen molar-refractivity contribution in [2.45, 2.75) is 33.1 Å². The van der Waals surface area contributed by atoms with E-state index in [1.807, 2.05) is 13.8 Å². The molecule has 0 unspecified atom stereocenters. The molecule has 132 valence electrons. The molecule has 0 spiro atoms. The maximum atomic E-state index is 14.3. The van der Waals surface area contributed by atoms with Crippen LogP contribution in [-0.4, -0.2) is 11.8 Å². The first kappa shape index (κ1) is 17.6. The normalized spacial score (nSPS) is 12.8. The summed E-state index contributed by atoms with van der Waals surface area (Å²) in [6.45, 7) is 3.68. The fraction of sp³-hybridized carbons (Fsp3) is 0.250. The van der Waals surface area contributed by atoms with E-state index in [2.05, 4.69) is 16.7 Å². The van der Waals surface area contributed by atoms with Crippen LogP contribution in [0.2, 0.25) is 0 Å². The molecule has 5 nitrogen and oxygen atoms in total. The number of fused-ring (bicyclic) bond motifs is 1. The minimum absolute atomic E-state index is 0.0416. The van der Waals surface area contributed by atoms with Crippen LogP contribution in [0, 0.1) is 31.0 Å². The standard InChI is InChI=1S/C20H18FN3O2/c1-11-5-13(10-22)6-12(2)15(11)8-20(26)24-18-9-17-14(7-16(18)21)3-4-19(25)23-17/h5-7,9H,3-4,8H2,1-2H3,(H,23,25)(H,24,26). The Bertz CT molecular complexity index is 937. The zero-order valence-electron chi connectivity index (χ0n) is 14.6. The predicted molar refractivity (Wildman–Crippen MR) is 96.3 cm³/mol. The molecular formula is C20H18FN3O2. The van der Waals surface area contributed by atoms with E-state index in [0.717, 1.165) is 22.3 Å². The Morgan fingerprint density at radius 2 is 1.92 bits per heavy atom. The second kappa shape index (κ2) is 6.96. The van der Waals surface area contributed by atoms with Crippen LogP contribution in [0.25, 0.3) is 0 Å². The lowest BCUT2D eigenvalue weighted by Gasteiger charge is -2.18. The van der Waals surface area contributed by atoms with Gasteiger partial charge in [-0.3, -0.25) is 9.59 Å². The molecule has 3 rings (SSSR count). The fourth-order valence-corrected chi connectivity index (χ4v) is 3.19. The van der Waals surface area contributed by atoms with E-state index in [1.165, 1.54) is 12.1 Å². The molecule has 0 saturated heterocycles. The third kappa shape index (κ3) is 3.57. The van der Waals surface area contributed by atoms with Crippen molar-refractivity contribution in [3.63, 3.8) is 0 Å². The number of nitrogens with one attached hydrogen (secondary N) is 2. The summed E-state index contributed by atoms with van der Waals surface area (Å²) >= 11 is 0. The highest BCUT2D eigenvalue weighted by atomic mass is 19.1. The van der Waals surface area contributed by atoms with Gasteiger partial charge in [-0.2, -0.15) is 5.26 Å². The number of hydrogen-bond acceptors (Lipinski definition) is 3. The number of nitriles is 1. The van der Waals surface area contributed by atoms with Gasteiger partial charge in [0.05, 0.1) is 23.7 Å². The van der Waals surface area contributed by atoms with Crippen molar-refractivity contribution in [3.05, 3.63) is 57.9 Å². The van der Waals surface area contributed by atoms with Crippen LogP contribution in [0.15, 0.2) is 24.3 Å². The molecule has 26 heavy (non-hydrogen) atoms. The maximum absolute atomic E-state index is 14.3. The Morgan fingerprint density at radius 3 is 2.58 bits per heavy atom. The van der Waals surface area contributed by atoms with E-state index in [9.17, 15) is 14.0 Å². The molecule has 0 radical (unpaired) electrons. The number of hydrogen-bond donors (Lipinski definition) is 2. The van der Waals surface area contributed by atoms with E-state index in [0.29, 0.717) is 24.1 Å². The van der Waals surface area contributed by atoms with E-state index in [-0.39, 0.29) is 23.9 Å². The minimum atomic E-state index is -0.526. The summed E-state index contributed by atoms with van der Waals surface area (Å²) in [5.74, 6) is -1.01. The SMILES string of the molecule is Cc1cc(C#N)cc(C)c1CC(=O)Nc1cc2c(cc1F)CCC(=O)N2. The van der Waals surface area contributed by atoms with Gasteiger partial charge in [-0.25, -0.2) is 4.39 Å². The van der Waals surface area contributed by atoms with E-state index >= 15 is 0 Å². The number of anilines is 2. The summed E-state index contributed by atoms with van der Waals surface area (Å²) in [6.07, 6.45) is 0.887. The largest absolute Gasteiger partial charge is 0.326 e. The topological polar surface area (TPSA) is 82.0 Å². The van der Waals surface area contributed by atoms with Crippen molar-refractivity contribution in [1.82, 2.24) is 0 Å². The van der Waals surface area contributed by atoms with Crippen LogP contribution in [0.3, 0.4) is 0 Å². The van der Waals surface area contributed by atoms with Gasteiger partial charge in [0.1, 0.15) is 5.82 Å². The van der Waals surface area contributed by atoms with Gasteiger partial charge in [-0.15, -0.1) is 0 Å². The molecule has 0 bridgehead atoms. The van der Waals surface area contributed by atoms with Crippen molar-refractivity contribution in [2.75, 3.05) is 10.6 Å². The van der Waals surface area contributed by atoms with Gasteiger partial charge in [-0.05, 0) is 66.8 Å². The van der Waals surface area contributed by atoms with Gasteiger partial charge >= 0.3 is 0 Å². The average molecular weight is 351 g/mol. The van der Waals surface area contributed by atoms with Gasteiger partial charge in [0, 0.05) is 12.1 Å². The third-order valence-electron chi connectivity index (χ3n) is 4.52. The first-order valence-electron chi connectivity index (χ1n) is 8.29. The first-order chi connectivity index (χ1) is 12.4. The summed E-state index contributed by atoms with van der Waals surface area (Å²) < 4.78 is 14.3. The third-order valence-corrected chi connectivity index (χ3v) is 4.52. The van der Waals surface area contributed by atoms with Gasteiger partial charge in [0.25, 0.3) is 0 Å². The number of amides is 2. The number of carbonyl (C=O) groups is 2. The molecule has 0 fully saturated rings. The van der Waals surface area contributed by atoms with Crippen LogP contribution < -0.4 is 10.6 Å². The molecular weight excluding hydrogens is 333 g/mol. The van der Waals surface area contributed by atoms with Gasteiger partial charge in [0.15, 0.2) is 0 Å². The van der Waals surface area contributed by atoms with Crippen LogP contribution in [0.1, 0.15) is 34.2 Å². The highest BCUT2D eigenvalue weighted by molar-refractivity contribution is 5.97. The summed E-state index contributed by atoms with van der Waals surface area (Å²) in [6, 6.07) is 8.34. The summed E-state index contributed by atoms with van der Waals surface area (Å²) in [5, 5.41) is 14.3. The minimum Gasteiger partial charge on any atom is -0.326 e. The summed E-state index contributed by atoms with van der Waals surface area (Å²) in [4.78, 5) is 23.9. The number of carbonyl (C=O) groups excluding carboxylic acids is 2. The first-order valence-corrected chi connectivity index (χ1v) is 8.29.